The lowest BCUT2D eigenvalue weighted by molar-refractivity contribution is 0.474. The Bertz CT molecular complexity index is 2610. The van der Waals surface area contributed by atoms with Crippen LogP contribution in [0.3, 0.4) is 0 Å². The van der Waals surface area contributed by atoms with E-state index in [0.29, 0.717) is 0 Å². The molecule has 0 unspecified atom stereocenters. The van der Waals surface area contributed by atoms with Crippen molar-refractivity contribution in [1.29, 1.82) is 0 Å². The van der Waals surface area contributed by atoms with Gasteiger partial charge >= 0.3 is 0 Å². The first kappa shape index (κ1) is 33.2. The number of anilines is 3. The maximum absolute atomic E-state index is 6.88. The van der Waals surface area contributed by atoms with E-state index in [9.17, 15) is 0 Å². The van der Waals surface area contributed by atoms with Crippen LogP contribution in [-0.4, -0.2) is 0 Å². The summed E-state index contributed by atoms with van der Waals surface area (Å²) in [6.45, 7) is 6.84. The lowest BCUT2D eigenvalue weighted by atomic mass is 9.83. The zero-order chi connectivity index (χ0) is 36.6. The fraction of sp³-hybridized carbons (Fsp3) is 0.0769. The van der Waals surface area contributed by atoms with Gasteiger partial charge in [-0.05, 0) is 86.5 Å². The van der Waals surface area contributed by atoms with Crippen LogP contribution in [0, 0.1) is 0 Å². The minimum Gasteiger partial charge on any atom is -0.456 e. The molecule has 8 aromatic rings. The van der Waals surface area contributed by atoms with Gasteiger partial charge in [0.15, 0.2) is 0 Å². The Kier molecular flexibility index (Phi) is 8.44. The summed E-state index contributed by atoms with van der Waals surface area (Å²) in [5.41, 5.74) is 13.6. The van der Waals surface area contributed by atoms with Gasteiger partial charge in [0.05, 0.1) is 5.69 Å². The van der Waals surface area contributed by atoms with Crippen molar-refractivity contribution in [2.75, 3.05) is 4.90 Å². The van der Waals surface area contributed by atoms with Gasteiger partial charge in [0.1, 0.15) is 11.5 Å². The molecule has 0 bridgehead atoms. The van der Waals surface area contributed by atoms with Gasteiger partial charge in [0.25, 0.3) is 0 Å². The lowest BCUT2D eigenvalue weighted by Crippen LogP contribution is -2.15. The average Bonchev–Trinajstić information content (AvgIpc) is 3.21. The summed E-state index contributed by atoms with van der Waals surface area (Å²) in [6, 6.07) is 69.6. The van der Waals surface area contributed by atoms with E-state index < -0.39 is 0 Å². The topological polar surface area (TPSA) is 12.5 Å². The highest BCUT2D eigenvalue weighted by Crippen LogP contribution is 2.51. The fourth-order valence-corrected chi connectivity index (χ4v) is 7.69. The summed E-state index contributed by atoms with van der Waals surface area (Å²) < 4.78 is 6.88. The summed E-state index contributed by atoms with van der Waals surface area (Å²) >= 11 is 0. The number of para-hydroxylation sites is 1. The van der Waals surface area contributed by atoms with Gasteiger partial charge in [-0.2, -0.15) is 0 Å². The predicted octanol–water partition coefficient (Wildman–Crippen LogP) is 14.4. The second-order valence-electron chi connectivity index (χ2n) is 15.0. The molecule has 0 saturated carbocycles. The van der Waals surface area contributed by atoms with Crippen LogP contribution in [0.25, 0.3) is 33.0 Å². The van der Waals surface area contributed by atoms with Crippen LogP contribution >= 0.6 is 0 Å². The lowest BCUT2D eigenvalue weighted by Gasteiger charge is -2.32. The quantitative estimate of drug-likeness (QED) is 0.172. The molecule has 0 saturated heterocycles. The van der Waals surface area contributed by atoms with Gasteiger partial charge in [0.2, 0.25) is 0 Å². The van der Waals surface area contributed by atoms with E-state index in [0.717, 1.165) is 56.4 Å². The van der Waals surface area contributed by atoms with Crippen LogP contribution in [0.5, 0.6) is 11.5 Å². The molecule has 1 aliphatic heterocycles. The van der Waals surface area contributed by atoms with E-state index in [1.165, 1.54) is 33.0 Å². The number of ether oxygens (including phenoxy) is 1. The number of rotatable bonds is 6. The van der Waals surface area contributed by atoms with Crippen LogP contribution < -0.4 is 9.64 Å². The van der Waals surface area contributed by atoms with Crippen molar-refractivity contribution in [3.05, 3.63) is 222 Å². The first-order chi connectivity index (χ1) is 26.4. The zero-order valence-corrected chi connectivity index (χ0v) is 30.8. The molecule has 1 aliphatic rings. The molecule has 0 atom stereocenters. The van der Waals surface area contributed by atoms with Crippen LogP contribution in [0.1, 0.15) is 48.6 Å². The number of nitrogens with zero attached hydrogens (tertiary/aromatic N) is 1. The van der Waals surface area contributed by atoms with Crippen molar-refractivity contribution in [3.8, 4) is 22.6 Å². The molecule has 260 valence electrons. The maximum atomic E-state index is 6.88. The summed E-state index contributed by atoms with van der Waals surface area (Å²) in [5, 5.41) is 2.40. The summed E-state index contributed by atoms with van der Waals surface area (Å²) in [6.07, 6.45) is 0. The largest absolute Gasteiger partial charge is 0.456 e. The highest BCUT2D eigenvalue weighted by Gasteiger charge is 2.28. The molecule has 54 heavy (non-hydrogen) atoms. The number of fused-ring (bicyclic) bond motifs is 3. The highest BCUT2D eigenvalue weighted by molar-refractivity contribution is 6.08. The third-order valence-electron chi connectivity index (χ3n) is 10.4. The Morgan fingerprint density at radius 2 is 1.02 bits per heavy atom. The first-order valence-corrected chi connectivity index (χ1v) is 18.7. The van der Waals surface area contributed by atoms with E-state index in [1.807, 2.05) is 0 Å². The van der Waals surface area contributed by atoms with Crippen molar-refractivity contribution < 1.29 is 4.74 Å². The third-order valence-corrected chi connectivity index (χ3v) is 10.4. The molecule has 2 heteroatoms. The molecule has 9 rings (SSSR count). The summed E-state index contributed by atoms with van der Waals surface area (Å²) in [7, 11) is 0. The first-order valence-electron chi connectivity index (χ1n) is 18.7. The second kappa shape index (κ2) is 13.7. The smallest absolute Gasteiger partial charge is 0.137 e. The molecule has 0 N–H and O–H groups in total. The van der Waals surface area contributed by atoms with E-state index in [2.05, 4.69) is 220 Å². The Balaban J connectivity index is 1.31. The Morgan fingerprint density at radius 1 is 0.444 bits per heavy atom. The van der Waals surface area contributed by atoms with Crippen LogP contribution in [0.15, 0.2) is 194 Å². The minimum absolute atomic E-state index is 0.0131. The standard InChI is InChI=1S/C52H41NO/c1-52(2,3)41-28-32-47(46(34-41)37-18-7-4-8-19-37)53(42-29-27-36-17-13-14-24-40(36)33-42)43-30-31-45-49(35-43)54-48-26-16-15-25-44(48)51(45)50(38-20-9-5-10-21-38)39-22-11-6-12-23-39/h4-35H,1-3H3. The minimum atomic E-state index is -0.0131. The van der Waals surface area contributed by atoms with E-state index >= 15 is 0 Å². The van der Waals surface area contributed by atoms with E-state index in [1.54, 1.807) is 0 Å². The molecule has 0 radical (unpaired) electrons. The highest BCUT2D eigenvalue weighted by atomic mass is 16.5. The molecule has 2 nitrogen and oxygen atoms in total. The average molecular weight is 696 g/mol. The SMILES string of the molecule is CC(C)(C)c1ccc(N(c2ccc3c(c2)Oc2ccccc2C3=C(c2ccccc2)c2ccccc2)c2ccc3ccccc3c2)c(-c2ccccc2)c1. The Labute approximate surface area is 318 Å². The van der Waals surface area contributed by atoms with Gasteiger partial charge in [-0.15, -0.1) is 0 Å². The van der Waals surface area contributed by atoms with Crippen molar-refractivity contribution in [1.82, 2.24) is 0 Å². The van der Waals surface area contributed by atoms with Gasteiger partial charge in [-0.3, -0.25) is 0 Å². The fourth-order valence-electron chi connectivity index (χ4n) is 7.69. The molecule has 0 aromatic heterocycles. The van der Waals surface area contributed by atoms with Gasteiger partial charge < -0.3 is 9.64 Å². The molecule has 8 aromatic carbocycles. The number of hydrogen-bond acceptors (Lipinski definition) is 2. The summed E-state index contributed by atoms with van der Waals surface area (Å²) in [4.78, 5) is 2.39. The maximum Gasteiger partial charge on any atom is 0.137 e. The van der Waals surface area contributed by atoms with Gasteiger partial charge in [-0.25, -0.2) is 0 Å². The van der Waals surface area contributed by atoms with Crippen molar-refractivity contribution >= 4 is 39.0 Å². The number of hydrogen-bond donors (Lipinski definition) is 0. The Morgan fingerprint density at radius 3 is 1.72 bits per heavy atom. The van der Waals surface area contributed by atoms with Crippen molar-refractivity contribution in [2.45, 2.75) is 26.2 Å². The Hall–Kier alpha value is -6.64. The normalized spacial score (nSPS) is 12.1. The van der Waals surface area contributed by atoms with Crippen LogP contribution in [0.2, 0.25) is 0 Å². The monoisotopic (exact) mass is 695 g/mol. The van der Waals surface area contributed by atoms with Crippen molar-refractivity contribution in [3.63, 3.8) is 0 Å². The summed E-state index contributed by atoms with van der Waals surface area (Å²) in [5.74, 6) is 1.67. The molecular weight excluding hydrogens is 655 g/mol. The van der Waals surface area contributed by atoms with Gasteiger partial charge in [0, 0.05) is 39.7 Å². The second-order valence-corrected chi connectivity index (χ2v) is 15.0. The molecule has 0 amide bonds. The molecule has 0 spiro atoms. The third kappa shape index (κ3) is 6.16. The van der Waals surface area contributed by atoms with Crippen molar-refractivity contribution in [2.24, 2.45) is 0 Å². The van der Waals surface area contributed by atoms with Crippen LogP contribution in [-0.2, 0) is 5.41 Å². The molecular formula is C52H41NO. The van der Waals surface area contributed by atoms with E-state index in [-0.39, 0.29) is 5.41 Å². The van der Waals surface area contributed by atoms with Crippen LogP contribution in [0.4, 0.5) is 17.1 Å². The van der Waals surface area contributed by atoms with Gasteiger partial charge in [-0.1, -0.05) is 166 Å². The molecule has 0 aliphatic carbocycles. The number of benzene rings is 8. The molecule has 1 heterocycles. The molecule has 0 fully saturated rings. The predicted molar refractivity (Wildman–Crippen MR) is 227 cm³/mol. The van der Waals surface area contributed by atoms with E-state index in [4.69, 9.17) is 4.74 Å². The zero-order valence-electron chi connectivity index (χ0n) is 30.8.